The predicted octanol–water partition coefficient (Wildman–Crippen LogP) is 3.51. The Labute approximate surface area is 175 Å². The van der Waals surface area contributed by atoms with Gasteiger partial charge in [0.2, 0.25) is 0 Å². The van der Waals surface area contributed by atoms with Crippen LogP contribution in [0.3, 0.4) is 0 Å². The smallest absolute Gasteiger partial charge is 0.339 e. The van der Waals surface area contributed by atoms with Crippen LogP contribution in [0.1, 0.15) is 16.1 Å². The Morgan fingerprint density at radius 1 is 1.23 bits per heavy atom. The molecule has 8 nitrogen and oxygen atoms in total. The number of fused-ring (bicyclic) bond motifs is 1. The number of carbonyl (C=O) groups is 2. The highest BCUT2D eigenvalue weighted by molar-refractivity contribution is 7.13. The Bertz CT molecular complexity index is 1230. The predicted molar refractivity (Wildman–Crippen MR) is 114 cm³/mol. The van der Waals surface area contributed by atoms with Crippen LogP contribution in [0.25, 0.3) is 21.6 Å². The summed E-state index contributed by atoms with van der Waals surface area (Å²) in [6.07, 6.45) is 0. The van der Waals surface area contributed by atoms with Gasteiger partial charge in [0.05, 0.1) is 27.2 Å². The van der Waals surface area contributed by atoms with Crippen molar-refractivity contribution in [2.24, 2.45) is 7.05 Å². The second-order valence-corrected chi connectivity index (χ2v) is 7.56. The van der Waals surface area contributed by atoms with Gasteiger partial charge in [0, 0.05) is 12.7 Å². The monoisotopic (exact) mass is 422 g/mol. The van der Waals surface area contributed by atoms with E-state index >= 15 is 0 Å². The largest absolute Gasteiger partial charge is 0.508 e. The molecule has 0 radical (unpaired) electrons. The van der Waals surface area contributed by atoms with Gasteiger partial charge >= 0.3 is 5.97 Å². The SMILES string of the molecule is Cc1nn(C)c2nc(-c3cccs3)cc(C(=O)OCC(=O)Nc3ccc(O)cc3)c12. The van der Waals surface area contributed by atoms with E-state index in [0.717, 1.165) is 4.88 Å². The highest BCUT2D eigenvalue weighted by Gasteiger charge is 2.21. The molecule has 9 heteroatoms. The molecule has 1 amide bonds. The lowest BCUT2D eigenvalue weighted by Crippen LogP contribution is -2.21. The molecular formula is C21H18N4O4S. The number of nitrogens with one attached hydrogen (secondary N) is 1. The first-order valence-corrected chi connectivity index (χ1v) is 9.94. The molecule has 30 heavy (non-hydrogen) atoms. The molecule has 2 N–H and O–H groups in total. The van der Waals surface area contributed by atoms with Gasteiger partial charge in [-0.25, -0.2) is 9.78 Å². The van der Waals surface area contributed by atoms with Crippen molar-refractivity contribution in [1.82, 2.24) is 14.8 Å². The zero-order chi connectivity index (χ0) is 21.3. The summed E-state index contributed by atoms with van der Waals surface area (Å²) < 4.78 is 6.89. The molecule has 0 spiro atoms. The summed E-state index contributed by atoms with van der Waals surface area (Å²) in [4.78, 5) is 30.5. The number of thiophene rings is 1. The van der Waals surface area contributed by atoms with E-state index < -0.39 is 18.5 Å². The number of benzene rings is 1. The Morgan fingerprint density at radius 2 is 2.00 bits per heavy atom. The number of anilines is 1. The summed E-state index contributed by atoms with van der Waals surface area (Å²) in [7, 11) is 1.76. The van der Waals surface area contributed by atoms with Crippen molar-refractivity contribution < 1.29 is 19.4 Å². The van der Waals surface area contributed by atoms with E-state index in [-0.39, 0.29) is 5.75 Å². The van der Waals surface area contributed by atoms with E-state index in [0.29, 0.717) is 33.7 Å². The van der Waals surface area contributed by atoms with Gasteiger partial charge in [-0.05, 0) is 48.7 Å². The number of esters is 1. The van der Waals surface area contributed by atoms with Gasteiger partial charge in [-0.3, -0.25) is 9.48 Å². The van der Waals surface area contributed by atoms with Crippen molar-refractivity contribution in [2.45, 2.75) is 6.92 Å². The van der Waals surface area contributed by atoms with Crippen LogP contribution in [0.5, 0.6) is 5.75 Å². The molecular weight excluding hydrogens is 404 g/mol. The number of aromatic hydroxyl groups is 1. The normalized spacial score (nSPS) is 10.9. The number of hydrogen-bond acceptors (Lipinski definition) is 7. The topological polar surface area (TPSA) is 106 Å². The van der Waals surface area contributed by atoms with Crippen LogP contribution in [-0.4, -0.2) is 38.4 Å². The summed E-state index contributed by atoms with van der Waals surface area (Å²) in [6.45, 7) is 1.35. The number of aryl methyl sites for hydroxylation is 2. The lowest BCUT2D eigenvalue weighted by molar-refractivity contribution is -0.119. The maximum Gasteiger partial charge on any atom is 0.339 e. The van der Waals surface area contributed by atoms with Crippen molar-refractivity contribution in [3.63, 3.8) is 0 Å². The van der Waals surface area contributed by atoms with Gasteiger partial charge in [0.15, 0.2) is 12.3 Å². The second kappa shape index (κ2) is 7.96. The minimum atomic E-state index is -0.628. The zero-order valence-electron chi connectivity index (χ0n) is 16.2. The molecule has 0 unspecified atom stereocenters. The van der Waals surface area contributed by atoms with Crippen LogP contribution in [0, 0.1) is 6.92 Å². The van der Waals surface area contributed by atoms with Crippen LogP contribution >= 0.6 is 11.3 Å². The van der Waals surface area contributed by atoms with E-state index in [4.69, 9.17) is 4.74 Å². The first-order chi connectivity index (χ1) is 14.4. The number of ether oxygens (including phenoxy) is 1. The molecule has 152 valence electrons. The van der Waals surface area contributed by atoms with E-state index in [1.54, 1.807) is 36.9 Å². The Morgan fingerprint density at radius 3 is 2.70 bits per heavy atom. The number of amides is 1. The first kappa shape index (κ1) is 19.6. The number of rotatable bonds is 5. The van der Waals surface area contributed by atoms with Crippen molar-refractivity contribution in [3.8, 4) is 16.3 Å². The van der Waals surface area contributed by atoms with Crippen LogP contribution in [-0.2, 0) is 16.6 Å². The number of aromatic nitrogens is 3. The molecule has 0 bridgehead atoms. The van der Waals surface area contributed by atoms with Gasteiger partial charge in [-0.15, -0.1) is 11.3 Å². The van der Waals surface area contributed by atoms with E-state index in [1.807, 2.05) is 17.5 Å². The molecule has 0 atom stereocenters. The Balaban J connectivity index is 1.57. The fraction of sp³-hybridized carbons (Fsp3) is 0.143. The number of phenolic OH excluding ortho intramolecular Hbond substituents is 1. The summed E-state index contributed by atoms with van der Waals surface area (Å²) in [5.41, 5.74) is 2.66. The fourth-order valence-electron chi connectivity index (χ4n) is 3.11. The minimum absolute atomic E-state index is 0.0921. The Kier molecular flexibility index (Phi) is 5.20. The molecule has 1 aromatic carbocycles. The third kappa shape index (κ3) is 3.87. The molecule has 3 heterocycles. The highest BCUT2D eigenvalue weighted by Crippen LogP contribution is 2.29. The number of phenols is 1. The third-order valence-electron chi connectivity index (χ3n) is 4.45. The molecule has 0 saturated carbocycles. The average molecular weight is 422 g/mol. The van der Waals surface area contributed by atoms with E-state index in [2.05, 4.69) is 15.4 Å². The molecule has 4 aromatic rings. The lowest BCUT2D eigenvalue weighted by Gasteiger charge is -2.09. The lowest BCUT2D eigenvalue weighted by atomic mass is 10.1. The highest BCUT2D eigenvalue weighted by atomic mass is 32.1. The fourth-order valence-corrected chi connectivity index (χ4v) is 3.79. The standard InChI is InChI=1S/C21H18N4O4S/c1-12-19-15(10-16(17-4-3-9-30-17)23-20(19)25(2)24-12)21(28)29-11-18(27)22-13-5-7-14(26)8-6-13/h3-10,26H,11H2,1-2H3,(H,22,27). The van der Waals surface area contributed by atoms with Gasteiger partial charge in [-0.2, -0.15) is 5.10 Å². The van der Waals surface area contributed by atoms with Crippen molar-refractivity contribution in [1.29, 1.82) is 0 Å². The molecule has 0 aliphatic rings. The van der Waals surface area contributed by atoms with Crippen LogP contribution in [0.15, 0.2) is 47.8 Å². The van der Waals surface area contributed by atoms with Gasteiger partial charge in [0.25, 0.3) is 5.91 Å². The molecule has 0 aliphatic heterocycles. The van der Waals surface area contributed by atoms with Gasteiger partial charge in [-0.1, -0.05) is 6.07 Å². The summed E-state index contributed by atoms with van der Waals surface area (Å²) in [5.74, 6) is -1.02. The maximum absolute atomic E-state index is 12.8. The van der Waals surface area contributed by atoms with Crippen molar-refractivity contribution in [2.75, 3.05) is 11.9 Å². The molecule has 0 aliphatic carbocycles. The van der Waals surface area contributed by atoms with E-state index in [1.165, 1.54) is 23.5 Å². The summed E-state index contributed by atoms with van der Waals surface area (Å²) >= 11 is 1.51. The quantitative estimate of drug-likeness (QED) is 0.377. The van der Waals surface area contributed by atoms with Crippen molar-refractivity contribution in [3.05, 3.63) is 59.1 Å². The zero-order valence-corrected chi connectivity index (χ0v) is 17.1. The van der Waals surface area contributed by atoms with Crippen LogP contribution in [0.2, 0.25) is 0 Å². The molecule has 0 fully saturated rings. The maximum atomic E-state index is 12.8. The number of nitrogens with zero attached hydrogens (tertiary/aromatic N) is 3. The van der Waals surface area contributed by atoms with Crippen LogP contribution < -0.4 is 5.32 Å². The molecule has 3 aromatic heterocycles. The molecule has 4 rings (SSSR count). The van der Waals surface area contributed by atoms with Crippen molar-refractivity contribution >= 4 is 39.9 Å². The summed E-state index contributed by atoms with van der Waals surface area (Å²) in [6, 6.07) is 11.5. The number of carbonyl (C=O) groups excluding carboxylic acids is 2. The number of pyridine rings is 1. The van der Waals surface area contributed by atoms with Crippen LogP contribution in [0.4, 0.5) is 5.69 Å². The van der Waals surface area contributed by atoms with E-state index in [9.17, 15) is 14.7 Å². The average Bonchev–Trinajstić information content (AvgIpc) is 3.36. The molecule has 0 saturated heterocycles. The van der Waals surface area contributed by atoms with Gasteiger partial charge < -0.3 is 15.2 Å². The minimum Gasteiger partial charge on any atom is -0.508 e. The third-order valence-corrected chi connectivity index (χ3v) is 5.34. The number of hydrogen-bond donors (Lipinski definition) is 2. The summed E-state index contributed by atoms with van der Waals surface area (Å²) in [5, 5.41) is 18.8. The second-order valence-electron chi connectivity index (χ2n) is 6.61. The Hall–Kier alpha value is -3.72. The first-order valence-electron chi connectivity index (χ1n) is 9.06. The van der Waals surface area contributed by atoms with Gasteiger partial charge in [0.1, 0.15) is 5.75 Å².